The lowest BCUT2D eigenvalue weighted by atomic mass is 9.99. The van der Waals surface area contributed by atoms with Gasteiger partial charge >= 0.3 is 0 Å². The Hall–Kier alpha value is -1.11. The van der Waals surface area contributed by atoms with Crippen LogP contribution in [0, 0.1) is 5.92 Å². The highest BCUT2D eigenvalue weighted by molar-refractivity contribution is 5.96. The first kappa shape index (κ1) is 15.9. The van der Waals surface area contributed by atoms with E-state index >= 15 is 0 Å². The highest BCUT2D eigenvalue weighted by Crippen LogP contribution is 2.13. The molecule has 1 rings (SSSR count). The largest absolute Gasteiger partial charge is 0.294 e. The molecular formula is C18H28O. The quantitative estimate of drug-likeness (QED) is 0.427. The maximum atomic E-state index is 11.9. The molecule has 0 aliphatic heterocycles. The molecule has 0 saturated carbocycles. The Morgan fingerprint density at radius 2 is 1.63 bits per heavy atom. The zero-order valence-corrected chi connectivity index (χ0v) is 12.7. The monoisotopic (exact) mass is 260 g/mol. The second-order valence-corrected chi connectivity index (χ2v) is 5.88. The van der Waals surface area contributed by atoms with Crippen molar-refractivity contribution in [1.82, 2.24) is 0 Å². The molecule has 1 heteroatoms. The van der Waals surface area contributed by atoms with Gasteiger partial charge in [0.1, 0.15) is 0 Å². The number of unbranched alkanes of at least 4 members (excludes halogenated alkanes) is 4. The van der Waals surface area contributed by atoms with Gasteiger partial charge in [0.05, 0.1) is 0 Å². The molecule has 0 aromatic heterocycles. The van der Waals surface area contributed by atoms with E-state index in [1.807, 2.05) is 12.1 Å². The first-order valence-electron chi connectivity index (χ1n) is 7.75. The molecule has 1 aromatic rings. The number of carbonyl (C=O) groups excluding carboxylic acids is 1. The summed E-state index contributed by atoms with van der Waals surface area (Å²) >= 11 is 0. The van der Waals surface area contributed by atoms with Gasteiger partial charge in [-0.25, -0.2) is 0 Å². The molecule has 0 heterocycles. The van der Waals surface area contributed by atoms with Gasteiger partial charge in [0.25, 0.3) is 0 Å². The van der Waals surface area contributed by atoms with Crippen LogP contribution in [0.15, 0.2) is 24.3 Å². The first-order valence-corrected chi connectivity index (χ1v) is 7.75. The molecule has 0 saturated heterocycles. The minimum Gasteiger partial charge on any atom is -0.294 e. The Morgan fingerprint density at radius 1 is 1.00 bits per heavy atom. The molecule has 0 radical (unpaired) electrons. The number of benzene rings is 1. The Labute approximate surface area is 118 Å². The van der Waals surface area contributed by atoms with Crippen LogP contribution in [0.4, 0.5) is 0 Å². The highest BCUT2D eigenvalue weighted by Gasteiger charge is 2.07. The van der Waals surface area contributed by atoms with Crippen LogP contribution in [0.3, 0.4) is 0 Å². The summed E-state index contributed by atoms with van der Waals surface area (Å²) in [5.74, 6) is 0.704. The smallest absolute Gasteiger partial charge is 0.163 e. The molecule has 0 N–H and O–H groups in total. The summed E-state index contributed by atoms with van der Waals surface area (Å²) in [6, 6.07) is 8.22. The van der Waals surface area contributed by atoms with E-state index in [1.165, 1.54) is 37.7 Å². The number of hydrogen-bond acceptors (Lipinski definition) is 1. The van der Waals surface area contributed by atoms with Crippen molar-refractivity contribution < 1.29 is 4.79 Å². The van der Waals surface area contributed by atoms with Gasteiger partial charge in [-0.3, -0.25) is 4.79 Å². The van der Waals surface area contributed by atoms with Crippen LogP contribution < -0.4 is 0 Å². The lowest BCUT2D eigenvalue weighted by molar-refractivity contribution is 0.0968. The molecule has 0 fully saturated rings. The maximum Gasteiger partial charge on any atom is 0.163 e. The van der Waals surface area contributed by atoms with E-state index in [9.17, 15) is 4.79 Å². The fourth-order valence-electron chi connectivity index (χ4n) is 2.28. The molecular weight excluding hydrogens is 232 g/mol. The summed E-state index contributed by atoms with van der Waals surface area (Å²) in [7, 11) is 0. The van der Waals surface area contributed by atoms with E-state index in [2.05, 4.69) is 32.9 Å². The topological polar surface area (TPSA) is 17.1 Å². The zero-order valence-electron chi connectivity index (χ0n) is 12.7. The van der Waals surface area contributed by atoms with E-state index < -0.39 is 0 Å². The Morgan fingerprint density at radius 3 is 2.21 bits per heavy atom. The number of ketones is 1. The summed E-state index contributed by atoms with van der Waals surface area (Å²) < 4.78 is 0. The van der Waals surface area contributed by atoms with Crippen molar-refractivity contribution in [2.75, 3.05) is 0 Å². The van der Waals surface area contributed by atoms with Crippen molar-refractivity contribution in [3.05, 3.63) is 35.4 Å². The predicted molar refractivity (Wildman–Crippen MR) is 82.7 cm³/mol. The van der Waals surface area contributed by atoms with Crippen molar-refractivity contribution in [2.24, 2.45) is 5.92 Å². The number of aryl methyl sites for hydroxylation is 1. The zero-order chi connectivity index (χ0) is 14.1. The fourth-order valence-corrected chi connectivity index (χ4v) is 2.28. The molecule has 1 nitrogen and oxygen atoms in total. The second kappa shape index (κ2) is 8.90. The lowest BCUT2D eigenvalue weighted by Crippen LogP contribution is -2.03. The van der Waals surface area contributed by atoms with Gasteiger partial charge in [0, 0.05) is 12.0 Å². The third-order valence-electron chi connectivity index (χ3n) is 3.44. The minimum atomic E-state index is 0.268. The molecule has 1 aromatic carbocycles. The molecule has 0 spiro atoms. The van der Waals surface area contributed by atoms with Gasteiger partial charge < -0.3 is 0 Å². The lowest BCUT2D eigenvalue weighted by Gasteiger charge is -2.06. The summed E-state index contributed by atoms with van der Waals surface area (Å²) in [4.78, 5) is 11.9. The van der Waals surface area contributed by atoms with Crippen LogP contribution >= 0.6 is 0 Å². The summed E-state index contributed by atoms with van der Waals surface area (Å²) in [5, 5.41) is 0. The molecule has 19 heavy (non-hydrogen) atoms. The standard InChI is InChI=1S/C18H28O/c1-4-5-6-7-8-9-16-10-12-17(13-11-16)18(19)14-15(2)3/h10-13,15H,4-9,14H2,1-3H3. The van der Waals surface area contributed by atoms with Gasteiger partial charge in [-0.05, 0) is 24.3 Å². The van der Waals surface area contributed by atoms with Gasteiger partial charge in [0.15, 0.2) is 5.78 Å². The fraction of sp³-hybridized carbons (Fsp3) is 0.611. The minimum absolute atomic E-state index is 0.268. The van der Waals surface area contributed by atoms with Crippen molar-refractivity contribution in [3.63, 3.8) is 0 Å². The van der Waals surface area contributed by atoms with Gasteiger partial charge in [-0.2, -0.15) is 0 Å². The van der Waals surface area contributed by atoms with Gasteiger partial charge in [-0.1, -0.05) is 70.7 Å². The Bertz CT molecular complexity index is 362. The third kappa shape index (κ3) is 6.56. The summed E-state index contributed by atoms with van der Waals surface area (Å²) in [6.07, 6.45) is 8.37. The predicted octanol–water partition coefficient (Wildman–Crippen LogP) is 5.43. The Kier molecular flexibility index (Phi) is 7.47. The normalized spacial score (nSPS) is 10.9. The maximum absolute atomic E-state index is 11.9. The van der Waals surface area contributed by atoms with E-state index in [1.54, 1.807) is 0 Å². The van der Waals surface area contributed by atoms with Crippen molar-refractivity contribution >= 4 is 5.78 Å². The molecule has 0 amide bonds. The highest BCUT2D eigenvalue weighted by atomic mass is 16.1. The summed E-state index contributed by atoms with van der Waals surface area (Å²) in [6.45, 7) is 6.41. The third-order valence-corrected chi connectivity index (χ3v) is 3.44. The van der Waals surface area contributed by atoms with Gasteiger partial charge in [-0.15, -0.1) is 0 Å². The molecule has 0 aliphatic rings. The molecule has 106 valence electrons. The number of Topliss-reactive ketones (excluding diaryl/α,β-unsaturated/α-hetero) is 1. The average Bonchev–Trinajstić information content (AvgIpc) is 2.38. The van der Waals surface area contributed by atoms with Crippen LogP contribution in [-0.4, -0.2) is 5.78 Å². The first-order chi connectivity index (χ1) is 9.13. The van der Waals surface area contributed by atoms with Crippen molar-refractivity contribution in [3.8, 4) is 0 Å². The number of carbonyl (C=O) groups is 1. The van der Waals surface area contributed by atoms with E-state index in [4.69, 9.17) is 0 Å². The molecule has 0 atom stereocenters. The van der Waals surface area contributed by atoms with Crippen molar-refractivity contribution in [1.29, 1.82) is 0 Å². The van der Waals surface area contributed by atoms with Crippen LogP contribution in [0.1, 0.15) is 75.2 Å². The van der Waals surface area contributed by atoms with Crippen LogP contribution in [0.2, 0.25) is 0 Å². The Balaban J connectivity index is 2.37. The SMILES string of the molecule is CCCCCCCc1ccc(C(=O)CC(C)C)cc1. The number of rotatable bonds is 9. The summed E-state index contributed by atoms with van der Waals surface area (Å²) in [5.41, 5.74) is 2.22. The van der Waals surface area contributed by atoms with E-state index in [0.29, 0.717) is 12.3 Å². The second-order valence-electron chi connectivity index (χ2n) is 5.88. The van der Waals surface area contributed by atoms with Crippen molar-refractivity contribution in [2.45, 2.75) is 65.7 Å². The molecule has 0 bridgehead atoms. The van der Waals surface area contributed by atoms with E-state index in [0.717, 1.165) is 12.0 Å². The molecule has 0 unspecified atom stereocenters. The average molecular weight is 260 g/mol. The van der Waals surface area contributed by atoms with Crippen LogP contribution in [0.25, 0.3) is 0 Å². The molecule has 0 aliphatic carbocycles. The van der Waals surface area contributed by atoms with Gasteiger partial charge in [0.2, 0.25) is 0 Å². The van der Waals surface area contributed by atoms with E-state index in [-0.39, 0.29) is 5.78 Å². The van der Waals surface area contributed by atoms with Crippen LogP contribution in [-0.2, 0) is 6.42 Å². The number of hydrogen-bond donors (Lipinski definition) is 0. The van der Waals surface area contributed by atoms with Crippen LogP contribution in [0.5, 0.6) is 0 Å².